The van der Waals surface area contributed by atoms with E-state index in [1.165, 1.54) is 16.7 Å². The summed E-state index contributed by atoms with van der Waals surface area (Å²) in [5.41, 5.74) is 3.89. The Balaban J connectivity index is 2.45. The largest absolute Gasteiger partial charge is 0.281 e. The molecule has 2 atom stereocenters. The highest BCUT2D eigenvalue weighted by atomic mass is 35.5. The summed E-state index contributed by atoms with van der Waals surface area (Å²) in [6.45, 7) is 4.17. The zero-order valence-corrected chi connectivity index (χ0v) is 9.14. The molecule has 2 heteroatoms. The summed E-state index contributed by atoms with van der Waals surface area (Å²) < 4.78 is 0. The van der Waals surface area contributed by atoms with Crippen molar-refractivity contribution in [2.75, 3.05) is 0 Å². The first-order valence-corrected chi connectivity index (χ1v) is 5.26. The Hall–Kier alpha value is -0.820. The lowest BCUT2D eigenvalue weighted by molar-refractivity contribution is -0.115. The van der Waals surface area contributed by atoms with Gasteiger partial charge in [0.1, 0.15) is 0 Å². The highest BCUT2D eigenvalue weighted by Crippen LogP contribution is 2.39. The molecule has 0 saturated heterocycles. The van der Waals surface area contributed by atoms with E-state index in [1.807, 2.05) is 6.07 Å². The minimum atomic E-state index is -0.201. The monoisotopic (exact) mass is 208 g/mol. The van der Waals surface area contributed by atoms with Gasteiger partial charge in [0.25, 0.3) is 0 Å². The van der Waals surface area contributed by atoms with Crippen LogP contribution in [0.5, 0.6) is 0 Å². The molecule has 0 fully saturated rings. The Kier molecular flexibility index (Phi) is 2.36. The Labute approximate surface area is 89.1 Å². The van der Waals surface area contributed by atoms with Crippen LogP contribution in [0.3, 0.4) is 0 Å². The van der Waals surface area contributed by atoms with E-state index in [1.54, 1.807) is 0 Å². The smallest absolute Gasteiger partial charge is 0.225 e. The Morgan fingerprint density at radius 2 is 2.21 bits per heavy atom. The van der Waals surface area contributed by atoms with E-state index in [2.05, 4.69) is 26.0 Å². The molecule has 0 saturated carbocycles. The number of aryl methyl sites for hydroxylation is 1. The van der Waals surface area contributed by atoms with Crippen LogP contribution in [0.25, 0.3) is 0 Å². The Morgan fingerprint density at radius 3 is 2.79 bits per heavy atom. The number of rotatable bonds is 1. The molecule has 2 rings (SSSR count). The van der Waals surface area contributed by atoms with E-state index in [-0.39, 0.29) is 17.1 Å². The fourth-order valence-corrected chi connectivity index (χ4v) is 2.59. The molecular weight excluding hydrogens is 196 g/mol. The molecule has 0 N–H and O–H groups in total. The van der Waals surface area contributed by atoms with Crippen molar-refractivity contribution in [2.45, 2.75) is 26.2 Å². The van der Waals surface area contributed by atoms with Gasteiger partial charge in [0.05, 0.1) is 0 Å². The lowest BCUT2D eigenvalue weighted by Crippen LogP contribution is -2.11. The van der Waals surface area contributed by atoms with Gasteiger partial charge in [-0.15, -0.1) is 0 Å². The van der Waals surface area contributed by atoms with Gasteiger partial charge < -0.3 is 0 Å². The van der Waals surface area contributed by atoms with Gasteiger partial charge >= 0.3 is 0 Å². The van der Waals surface area contributed by atoms with Gasteiger partial charge in [-0.05, 0) is 47.6 Å². The average molecular weight is 209 g/mol. The molecule has 0 amide bonds. The summed E-state index contributed by atoms with van der Waals surface area (Å²) in [7, 11) is 0. The standard InChI is InChI=1S/C12H13ClO/c1-7-4-3-5-9-8(2)11(12(13)14)6-10(7)9/h3-5,8,11H,6H2,1-2H3. The van der Waals surface area contributed by atoms with E-state index in [4.69, 9.17) is 11.6 Å². The molecule has 0 aromatic heterocycles. The molecule has 74 valence electrons. The predicted molar refractivity (Wildman–Crippen MR) is 57.6 cm³/mol. The van der Waals surface area contributed by atoms with Crippen molar-refractivity contribution < 1.29 is 4.79 Å². The highest BCUT2D eigenvalue weighted by Gasteiger charge is 2.33. The first kappa shape index (κ1) is 9.72. The molecule has 1 aliphatic rings. The quantitative estimate of drug-likeness (QED) is 0.649. The third kappa shape index (κ3) is 1.36. The zero-order valence-electron chi connectivity index (χ0n) is 8.38. The van der Waals surface area contributed by atoms with Crippen LogP contribution in [0.15, 0.2) is 18.2 Å². The van der Waals surface area contributed by atoms with Gasteiger partial charge in [0.15, 0.2) is 0 Å². The summed E-state index contributed by atoms with van der Waals surface area (Å²) >= 11 is 5.58. The molecule has 1 aromatic carbocycles. The number of fused-ring (bicyclic) bond motifs is 1. The van der Waals surface area contributed by atoms with Gasteiger partial charge in [0.2, 0.25) is 5.24 Å². The Bertz CT molecular complexity index is 384. The lowest BCUT2D eigenvalue weighted by Gasteiger charge is -2.10. The maximum absolute atomic E-state index is 11.2. The van der Waals surface area contributed by atoms with Crippen molar-refractivity contribution >= 4 is 16.8 Å². The fourth-order valence-electron chi connectivity index (χ4n) is 2.32. The van der Waals surface area contributed by atoms with Crippen molar-refractivity contribution in [3.05, 3.63) is 34.9 Å². The number of benzene rings is 1. The van der Waals surface area contributed by atoms with E-state index in [0.717, 1.165) is 6.42 Å². The van der Waals surface area contributed by atoms with Gasteiger partial charge in [-0.3, -0.25) is 4.79 Å². The molecule has 1 aromatic rings. The van der Waals surface area contributed by atoms with Crippen LogP contribution in [0.2, 0.25) is 0 Å². The fraction of sp³-hybridized carbons (Fsp3) is 0.417. The van der Waals surface area contributed by atoms with Crippen molar-refractivity contribution in [1.82, 2.24) is 0 Å². The molecule has 1 nitrogen and oxygen atoms in total. The molecule has 0 radical (unpaired) electrons. The lowest BCUT2D eigenvalue weighted by atomic mass is 9.96. The van der Waals surface area contributed by atoms with Gasteiger partial charge in [0, 0.05) is 5.92 Å². The summed E-state index contributed by atoms with van der Waals surface area (Å²) in [5.74, 6) is 0.252. The maximum atomic E-state index is 11.2. The van der Waals surface area contributed by atoms with E-state index < -0.39 is 0 Å². The summed E-state index contributed by atoms with van der Waals surface area (Å²) in [6.07, 6.45) is 0.811. The number of carbonyl (C=O) groups is 1. The predicted octanol–water partition coefficient (Wildman–Crippen LogP) is 3.04. The molecule has 2 unspecified atom stereocenters. The van der Waals surface area contributed by atoms with Crippen LogP contribution in [0.4, 0.5) is 0 Å². The molecule has 0 bridgehead atoms. The van der Waals surface area contributed by atoms with Crippen LogP contribution in [0, 0.1) is 12.8 Å². The third-order valence-corrected chi connectivity index (χ3v) is 3.54. The van der Waals surface area contributed by atoms with Crippen molar-refractivity contribution in [1.29, 1.82) is 0 Å². The summed E-state index contributed by atoms with van der Waals surface area (Å²) in [6, 6.07) is 6.24. The van der Waals surface area contributed by atoms with Crippen LogP contribution in [0.1, 0.15) is 29.5 Å². The minimum Gasteiger partial charge on any atom is -0.281 e. The normalized spacial score (nSPS) is 24.8. The first-order valence-electron chi connectivity index (χ1n) is 4.89. The van der Waals surface area contributed by atoms with Crippen molar-refractivity contribution in [2.24, 2.45) is 5.92 Å². The zero-order chi connectivity index (χ0) is 10.3. The van der Waals surface area contributed by atoms with Crippen LogP contribution < -0.4 is 0 Å². The van der Waals surface area contributed by atoms with Gasteiger partial charge in [-0.1, -0.05) is 25.1 Å². The van der Waals surface area contributed by atoms with Crippen LogP contribution in [-0.4, -0.2) is 5.24 Å². The van der Waals surface area contributed by atoms with Crippen molar-refractivity contribution in [3.63, 3.8) is 0 Å². The first-order chi connectivity index (χ1) is 6.61. The minimum absolute atomic E-state index is 0.0206. The molecular formula is C12H13ClO. The second-order valence-electron chi connectivity index (χ2n) is 4.05. The SMILES string of the molecule is Cc1cccc2c1CC(C(=O)Cl)C2C. The second-order valence-corrected chi connectivity index (χ2v) is 4.42. The molecule has 1 aliphatic carbocycles. The number of hydrogen-bond donors (Lipinski definition) is 0. The van der Waals surface area contributed by atoms with Gasteiger partial charge in [-0.25, -0.2) is 0 Å². The van der Waals surface area contributed by atoms with E-state index >= 15 is 0 Å². The molecule has 0 spiro atoms. The summed E-state index contributed by atoms with van der Waals surface area (Å²) in [5, 5.41) is -0.201. The Morgan fingerprint density at radius 1 is 1.50 bits per heavy atom. The molecule has 0 heterocycles. The molecule has 0 aliphatic heterocycles. The van der Waals surface area contributed by atoms with Crippen LogP contribution >= 0.6 is 11.6 Å². The number of hydrogen-bond acceptors (Lipinski definition) is 1. The third-order valence-electron chi connectivity index (χ3n) is 3.26. The number of carbonyl (C=O) groups excluding carboxylic acids is 1. The van der Waals surface area contributed by atoms with E-state index in [0.29, 0.717) is 0 Å². The summed E-state index contributed by atoms with van der Waals surface area (Å²) in [4.78, 5) is 11.2. The van der Waals surface area contributed by atoms with Gasteiger partial charge in [-0.2, -0.15) is 0 Å². The second kappa shape index (κ2) is 3.39. The number of halogens is 1. The van der Waals surface area contributed by atoms with E-state index in [9.17, 15) is 4.79 Å². The highest BCUT2D eigenvalue weighted by molar-refractivity contribution is 6.64. The maximum Gasteiger partial charge on any atom is 0.225 e. The van der Waals surface area contributed by atoms with Crippen molar-refractivity contribution in [3.8, 4) is 0 Å². The molecule has 14 heavy (non-hydrogen) atoms. The average Bonchev–Trinajstić information content (AvgIpc) is 2.46. The van der Waals surface area contributed by atoms with Crippen LogP contribution in [-0.2, 0) is 11.2 Å². The topological polar surface area (TPSA) is 17.1 Å².